The number of amides is 1. The van der Waals surface area contributed by atoms with E-state index in [4.69, 9.17) is 0 Å². The molecule has 17 heavy (non-hydrogen) atoms. The normalized spacial score (nSPS) is 19.3. The summed E-state index contributed by atoms with van der Waals surface area (Å²) in [5.41, 5.74) is 1.20. The molecule has 1 saturated heterocycles. The number of rotatable bonds is 3. The van der Waals surface area contributed by atoms with Crippen LogP contribution in [0.15, 0.2) is 18.2 Å². The molecule has 1 aliphatic rings. The third-order valence-corrected chi connectivity index (χ3v) is 2.99. The Morgan fingerprint density at radius 2 is 2.41 bits per heavy atom. The Kier molecular flexibility index (Phi) is 3.74. The third kappa shape index (κ3) is 3.27. The first kappa shape index (κ1) is 12.0. The largest absolute Gasteiger partial charge is 0.324 e. The van der Waals surface area contributed by atoms with Gasteiger partial charge in [0, 0.05) is 12.5 Å². The maximum absolute atomic E-state index is 13.4. The maximum Gasteiger partial charge on any atom is 0.226 e. The van der Waals surface area contributed by atoms with Crippen LogP contribution in [0.2, 0.25) is 0 Å². The summed E-state index contributed by atoms with van der Waals surface area (Å²) in [6.45, 7) is 2.84. The summed E-state index contributed by atoms with van der Waals surface area (Å²) in [5, 5.41) is 5.87. The molecule has 0 bridgehead atoms. The van der Waals surface area contributed by atoms with E-state index in [1.165, 1.54) is 6.07 Å². The molecule has 1 aromatic rings. The maximum atomic E-state index is 13.4. The highest BCUT2D eigenvalue weighted by atomic mass is 19.1. The molecule has 2 N–H and O–H groups in total. The fourth-order valence-corrected chi connectivity index (χ4v) is 2.09. The van der Waals surface area contributed by atoms with Gasteiger partial charge in [0.25, 0.3) is 0 Å². The van der Waals surface area contributed by atoms with Gasteiger partial charge in [-0.25, -0.2) is 4.39 Å². The third-order valence-electron chi connectivity index (χ3n) is 2.99. The van der Waals surface area contributed by atoms with Gasteiger partial charge in [-0.2, -0.15) is 0 Å². The van der Waals surface area contributed by atoms with Crippen molar-refractivity contribution >= 4 is 11.6 Å². The Bertz CT molecular complexity index is 414. The van der Waals surface area contributed by atoms with E-state index < -0.39 is 0 Å². The zero-order chi connectivity index (χ0) is 12.3. The number of benzene rings is 1. The number of hydrogen-bond donors (Lipinski definition) is 2. The zero-order valence-corrected chi connectivity index (χ0v) is 9.92. The molecular formula is C13H17FN2O. The SMILES string of the molecule is Cc1ccc(F)c(NC(=O)CC2CCCN2)c1. The zero-order valence-electron chi connectivity index (χ0n) is 9.92. The van der Waals surface area contributed by atoms with E-state index in [0.717, 1.165) is 24.9 Å². The Morgan fingerprint density at radius 3 is 3.12 bits per heavy atom. The van der Waals surface area contributed by atoms with Crippen molar-refractivity contribution in [2.75, 3.05) is 11.9 Å². The molecule has 92 valence electrons. The summed E-state index contributed by atoms with van der Waals surface area (Å²) in [5.74, 6) is -0.516. The summed E-state index contributed by atoms with van der Waals surface area (Å²) in [4.78, 5) is 11.7. The number of nitrogens with one attached hydrogen (secondary N) is 2. The van der Waals surface area contributed by atoms with Crippen molar-refractivity contribution < 1.29 is 9.18 Å². The fraction of sp³-hybridized carbons (Fsp3) is 0.462. The molecule has 0 aromatic heterocycles. The predicted octanol–water partition coefficient (Wildman–Crippen LogP) is 2.21. The topological polar surface area (TPSA) is 41.1 Å². The van der Waals surface area contributed by atoms with Gasteiger partial charge in [-0.3, -0.25) is 4.79 Å². The highest BCUT2D eigenvalue weighted by Gasteiger charge is 2.18. The van der Waals surface area contributed by atoms with Crippen molar-refractivity contribution in [3.8, 4) is 0 Å². The van der Waals surface area contributed by atoms with Gasteiger partial charge in [-0.15, -0.1) is 0 Å². The van der Waals surface area contributed by atoms with E-state index in [2.05, 4.69) is 10.6 Å². The van der Waals surface area contributed by atoms with Crippen LogP contribution in [0.3, 0.4) is 0 Å². The summed E-state index contributed by atoms with van der Waals surface area (Å²) < 4.78 is 13.4. The molecular weight excluding hydrogens is 219 g/mol. The van der Waals surface area contributed by atoms with Crippen molar-refractivity contribution in [1.29, 1.82) is 0 Å². The minimum atomic E-state index is -0.386. The second-order valence-corrected chi connectivity index (χ2v) is 4.53. The van der Waals surface area contributed by atoms with E-state index >= 15 is 0 Å². The highest BCUT2D eigenvalue weighted by molar-refractivity contribution is 5.91. The summed E-state index contributed by atoms with van der Waals surface area (Å²) in [7, 11) is 0. The van der Waals surface area contributed by atoms with Crippen LogP contribution < -0.4 is 10.6 Å². The van der Waals surface area contributed by atoms with Crippen LogP contribution in [-0.4, -0.2) is 18.5 Å². The number of carbonyl (C=O) groups excluding carboxylic acids is 1. The number of hydrogen-bond acceptors (Lipinski definition) is 2. The van der Waals surface area contributed by atoms with Gasteiger partial charge in [0.15, 0.2) is 0 Å². The Balaban J connectivity index is 1.95. The fourth-order valence-electron chi connectivity index (χ4n) is 2.09. The Morgan fingerprint density at radius 1 is 1.59 bits per heavy atom. The van der Waals surface area contributed by atoms with Crippen LogP contribution >= 0.6 is 0 Å². The van der Waals surface area contributed by atoms with E-state index in [1.54, 1.807) is 12.1 Å². The molecule has 0 saturated carbocycles. The standard InChI is InChI=1S/C13H17FN2O/c1-9-4-5-11(14)12(7-9)16-13(17)8-10-3-2-6-15-10/h4-5,7,10,15H,2-3,6,8H2,1H3,(H,16,17). The molecule has 1 fully saturated rings. The number of carbonyl (C=O) groups is 1. The quantitative estimate of drug-likeness (QED) is 0.844. The van der Waals surface area contributed by atoms with Crippen LogP contribution in [-0.2, 0) is 4.79 Å². The second-order valence-electron chi connectivity index (χ2n) is 4.53. The molecule has 1 aliphatic heterocycles. The molecule has 1 heterocycles. The lowest BCUT2D eigenvalue weighted by molar-refractivity contribution is -0.116. The van der Waals surface area contributed by atoms with Gasteiger partial charge in [0.2, 0.25) is 5.91 Å². The van der Waals surface area contributed by atoms with Crippen molar-refractivity contribution in [3.05, 3.63) is 29.6 Å². The minimum Gasteiger partial charge on any atom is -0.324 e. The average molecular weight is 236 g/mol. The first-order valence-corrected chi connectivity index (χ1v) is 5.94. The summed E-state index contributed by atoms with van der Waals surface area (Å²) >= 11 is 0. The van der Waals surface area contributed by atoms with Crippen molar-refractivity contribution in [3.63, 3.8) is 0 Å². The smallest absolute Gasteiger partial charge is 0.226 e. The molecule has 0 aliphatic carbocycles. The van der Waals surface area contributed by atoms with E-state index in [1.807, 2.05) is 6.92 Å². The van der Waals surface area contributed by atoms with Crippen LogP contribution in [0.1, 0.15) is 24.8 Å². The van der Waals surface area contributed by atoms with Crippen molar-refractivity contribution in [2.45, 2.75) is 32.2 Å². The molecule has 0 radical (unpaired) electrons. The summed E-state index contributed by atoms with van der Waals surface area (Å²) in [6, 6.07) is 4.94. The van der Waals surface area contributed by atoms with Gasteiger partial charge >= 0.3 is 0 Å². The van der Waals surface area contributed by atoms with Gasteiger partial charge in [0.05, 0.1) is 5.69 Å². The first-order valence-electron chi connectivity index (χ1n) is 5.94. The molecule has 3 nitrogen and oxygen atoms in total. The summed E-state index contributed by atoms with van der Waals surface area (Å²) in [6.07, 6.45) is 2.54. The second kappa shape index (κ2) is 5.27. The minimum absolute atomic E-state index is 0.131. The average Bonchev–Trinajstić information content (AvgIpc) is 2.76. The van der Waals surface area contributed by atoms with E-state index in [-0.39, 0.29) is 23.5 Å². The Hall–Kier alpha value is -1.42. The molecule has 1 atom stereocenters. The predicted molar refractivity (Wildman–Crippen MR) is 65.4 cm³/mol. The van der Waals surface area contributed by atoms with Crippen molar-refractivity contribution in [1.82, 2.24) is 5.32 Å². The monoisotopic (exact) mass is 236 g/mol. The first-order chi connectivity index (χ1) is 8.15. The van der Waals surface area contributed by atoms with Crippen LogP contribution in [0.25, 0.3) is 0 Å². The lowest BCUT2D eigenvalue weighted by atomic mass is 10.1. The van der Waals surface area contributed by atoms with Gasteiger partial charge in [-0.1, -0.05) is 6.07 Å². The van der Waals surface area contributed by atoms with E-state index in [9.17, 15) is 9.18 Å². The molecule has 1 unspecified atom stereocenters. The lowest BCUT2D eigenvalue weighted by Crippen LogP contribution is -2.27. The van der Waals surface area contributed by atoms with Gasteiger partial charge < -0.3 is 10.6 Å². The number of halogens is 1. The lowest BCUT2D eigenvalue weighted by Gasteiger charge is -2.11. The molecule has 0 spiro atoms. The highest BCUT2D eigenvalue weighted by Crippen LogP contribution is 2.17. The van der Waals surface area contributed by atoms with E-state index in [0.29, 0.717) is 6.42 Å². The van der Waals surface area contributed by atoms with Crippen molar-refractivity contribution in [2.24, 2.45) is 0 Å². The molecule has 2 rings (SSSR count). The van der Waals surface area contributed by atoms with Crippen LogP contribution in [0.4, 0.5) is 10.1 Å². The number of anilines is 1. The van der Waals surface area contributed by atoms with Gasteiger partial charge in [-0.05, 0) is 44.0 Å². The molecule has 4 heteroatoms. The van der Waals surface area contributed by atoms with Crippen LogP contribution in [0, 0.1) is 12.7 Å². The van der Waals surface area contributed by atoms with Gasteiger partial charge in [0.1, 0.15) is 5.82 Å². The number of aryl methyl sites for hydroxylation is 1. The molecule has 1 amide bonds. The Labute approximate surface area is 100 Å². The van der Waals surface area contributed by atoms with Crippen LogP contribution in [0.5, 0.6) is 0 Å². The molecule has 1 aromatic carbocycles.